The van der Waals surface area contributed by atoms with E-state index in [1.54, 1.807) is 30.4 Å². The normalized spacial score (nSPS) is 10.2. The summed E-state index contributed by atoms with van der Waals surface area (Å²) in [6.07, 6.45) is 5.18. The van der Waals surface area contributed by atoms with Gasteiger partial charge in [0.15, 0.2) is 0 Å². The molecule has 2 nitrogen and oxygen atoms in total. The van der Waals surface area contributed by atoms with E-state index in [1.165, 1.54) is 5.56 Å². The van der Waals surface area contributed by atoms with Crippen molar-refractivity contribution in [2.45, 2.75) is 10.8 Å². The molecule has 0 aliphatic carbocycles. The van der Waals surface area contributed by atoms with Crippen LogP contribution in [0.4, 0.5) is 0 Å². The molecule has 0 fully saturated rings. The van der Waals surface area contributed by atoms with Crippen molar-refractivity contribution in [1.29, 1.82) is 0 Å². The highest BCUT2D eigenvalue weighted by atomic mass is 79.9. The van der Waals surface area contributed by atoms with Crippen molar-refractivity contribution in [1.82, 2.24) is 9.97 Å². The Balaban J connectivity index is 1.99. The molecule has 0 amide bonds. The summed E-state index contributed by atoms with van der Waals surface area (Å²) in [6, 6.07) is 8.28. The maximum Gasteiger partial charge on any atom is 0.115 e. The van der Waals surface area contributed by atoms with Crippen LogP contribution in [-0.4, -0.2) is 9.97 Å². The molecule has 0 unspecified atom stereocenters. The minimum absolute atomic E-state index is 0.915. The van der Waals surface area contributed by atoms with Crippen LogP contribution >= 0.6 is 27.7 Å². The fourth-order valence-electron chi connectivity index (χ4n) is 1.14. The number of hydrogen-bond donors (Lipinski definition) is 0. The first kappa shape index (κ1) is 10.6. The predicted molar refractivity (Wildman–Crippen MR) is 65.7 cm³/mol. The summed E-state index contributed by atoms with van der Waals surface area (Å²) < 4.78 is 1.11. The van der Waals surface area contributed by atoms with Crippen molar-refractivity contribution in [3.8, 4) is 0 Å². The van der Waals surface area contributed by atoms with E-state index in [4.69, 9.17) is 0 Å². The zero-order valence-corrected chi connectivity index (χ0v) is 10.3. The molecule has 0 aliphatic heterocycles. The number of thioether (sulfide) groups is 1. The van der Waals surface area contributed by atoms with Crippen LogP contribution in [0.25, 0.3) is 0 Å². The van der Waals surface area contributed by atoms with Crippen molar-refractivity contribution in [2.24, 2.45) is 0 Å². The summed E-state index contributed by atoms with van der Waals surface area (Å²) in [5.41, 5.74) is 1.28. The first-order chi connectivity index (χ1) is 7.34. The molecule has 2 rings (SSSR count). The highest BCUT2D eigenvalue weighted by Gasteiger charge is 1.97. The Morgan fingerprint density at radius 2 is 2.20 bits per heavy atom. The smallest absolute Gasteiger partial charge is 0.115 e. The Kier molecular flexibility index (Phi) is 3.75. The fourth-order valence-corrected chi connectivity index (χ4v) is 2.36. The Hall–Kier alpha value is -0.870. The molecule has 76 valence electrons. The predicted octanol–water partition coefficient (Wildman–Crippen LogP) is 3.53. The van der Waals surface area contributed by atoms with Crippen LogP contribution in [0.5, 0.6) is 0 Å². The lowest BCUT2D eigenvalue weighted by molar-refractivity contribution is 1.05. The summed E-state index contributed by atoms with van der Waals surface area (Å²) in [6.45, 7) is 0. The molecule has 0 saturated heterocycles. The van der Waals surface area contributed by atoms with E-state index in [9.17, 15) is 0 Å². The van der Waals surface area contributed by atoms with Crippen LogP contribution in [0.15, 0.2) is 52.4 Å². The standard InChI is InChI=1S/C11H9BrN2S/c12-10-3-1-2-9(6-10)8-15-11-7-13-4-5-14-11/h1-7H,8H2. The van der Waals surface area contributed by atoms with Crippen molar-refractivity contribution in [3.05, 3.63) is 52.9 Å². The number of aromatic nitrogens is 2. The molecular weight excluding hydrogens is 272 g/mol. The largest absolute Gasteiger partial charge is 0.260 e. The zero-order chi connectivity index (χ0) is 10.5. The average Bonchev–Trinajstić information content (AvgIpc) is 2.28. The number of rotatable bonds is 3. The third-order valence-electron chi connectivity index (χ3n) is 1.82. The lowest BCUT2D eigenvalue weighted by Crippen LogP contribution is -1.83. The number of benzene rings is 1. The van der Waals surface area contributed by atoms with Gasteiger partial charge < -0.3 is 0 Å². The lowest BCUT2D eigenvalue weighted by Gasteiger charge is -2.00. The molecule has 0 aliphatic rings. The van der Waals surface area contributed by atoms with Crippen LogP contribution in [0.2, 0.25) is 0 Å². The van der Waals surface area contributed by atoms with E-state index >= 15 is 0 Å². The van der Waals surface area contributed by atoms with Gasteiger partial charge in [0, 0.05) is 22.6 Å². The van der Waals surface area contributed by atoms with Crippen molar-refractivity contribution in [2.75, 3.05) is 0 Å². The molecule has 0 N–H and O–H groups in total. The van der Waals surface area contributed by atoms with Gasteiger partial charge in [-0.3, -0.25) is 4.98 Å². The summed E-state index contributed by atoms with van der Waals surface area (Å²) in [7, 11) is 0. The molecule has 0 bridgehead atoms. The average molecular weight is 281 g/mol. The van der Waals surface area contributed by atoms with Crippen molar-refractivity contribution >= 4 is 27.7 Å². The van der Waals surface area contributed by atoms with Crippen molar-refractivity contribution < 1.29 is 0 Å². The maximum atomic E-state index is 4.20. The Labute approximate surface area is 101 Å². The van der Waals surface area contributed by atoms with Crippen LogP contribution in [0.1, 0.15) is 5.56 Å². The molecule has 2 aromatic rings. The molecule has 0 atom stereocenters. The van der Waals surface area contributed by atoms with Gasteiger partial charge in [-0.05, 0) is 17.7 Å². The van der Waals surface area contributed by atoms with Crippen LogP contribution in [0, 0.1) is 0 Å². The Morgan fingerprint density at radius 1 is 1.27 bits per heavy atom. The van der Waals surface area contributed by atoms with Crippen LogP contribution in [-0.2, 0) is 5.75 Å². The summed E-state index contributed by atoms with van der Waals surface area (Å²) >= 11 is 5.14. The number of hydrogen-bond acceptors (Lipinski definition) is 3. The monoisotopic (exact) mass is 280 g/mol. The lowest BCUT2D eigenvalue weighted by atomic mass is 10.2. The van der Waals surface area contributed by atoms with E-state index < -0.39 is 0 Å². The summed E-state index contributed by atoms with van der Waals surface area (Å²) in [4.78, 5) is 8.23. The van der Waals surface area contributed by atoms with Crippen molar-refractivity contribution in [3.63, 3.8) is 0 Å². The molecule has 15 heavy (non-hydrogen) atoms. The van der Waals surface area contributed by atoms with Gasteiger partial charge in [-0.25, -0.2) is 4.98 Å². The SMILES string of the molecule is Brc1cccc(CSc2cnccn2)c1. The highest BCUT2D eigenvalue weighted by Crippen LogP contribution is 2.21. The van der Waals surface area contributed by atoms with Gasteiger partial charge in [0.2, 0.25) is 0 Å². The van der Waals surface area contributed by atoms with Gasteiger partial charge in [-0.15, -0.1) is 11.8 Å². The third-order valence-corrected chi connectivity index (χ3v) is 3.29. The second-order valence-corrected chi connectivity index (χ2v) is 4.87. The first-order valence-corrected chi connectivity index (χ1v) is 6.26. The first-order valence-electron chi connectivity index (χ1n) is 4.48. The van der Waals surface area contributed by atoms with E-state index in [2.05, 4.69) is 38.0 Å². The molecular formula is C11H9BrN2S. The maximum absolute atomic E-state index is 4.20. The molecule has 1 heterocycles. The Bertz CT molecular complexity index is 434. The zero-order valence-electron chi connectivity index (χ0n) is 7.93. The second kappa shape index (κ2) is 5.28. The number of nitrogens with zero attached hydrogens (tertiary/aromatic N) is 2. The highest BCUT2D eigenvalue weighted by molar-refractivity contribution is 9.10. The minimum Gasteiger partial charge on any atom is -0.260 e. The van der Waals surface area contributed by atoms with E-state index in [0.717, 1.165) is 15.3 Å². The van der Waals surface area contributed by atoms with Gasteiger partial charge >= 0.3 is 0 Å². The molecule has 1 aromatic heterocycles. The minimum atomic E-state index is 0.915. The molecule has 0 radical (unpaired) electrons. The quantitative estimate of drug-likeness (QED) is 0.805. The second-order valence-electron chi connectivity index (χ2n) is 2.96. The van der Waals surface area contributed by atoms with Crippen LogP contribution < -0.4 is 0 Å². The molecule has 1 aromatic carbocycles. The Morgan fingerprint density at radius 3 is 2.93 bits per heavy atom. The van der Waals surface area contributed by atoms with Gasteiger partial charge in [-0.1, -0.05) is 28.1 Å². The topological polar surface area (TPSA) is 25.8 Å². The summed E-state index contributed by atoms with van der Waals surface area (Å²) in [5, 5.41) is 0.956. The van der Waals surface area contributed by atoms with Gasteiger partial charge in [0.25, 0.3) is 0 Å². The van der Waals surface area contributed by atoms with Crippen LogP contribution in [0.3, 0.4) is 0 Å². The van der Waals surface area contributed by atoms with E-state index in [-0.39, 0.29) is 0 Å². The van der Waals surface area contributed by atoms with E-state index in [0.29, 0.717) is 0 Å². The molecule has 4 heteroatoms. The molecule has 0 saturated carbocycles. The van der Waals surface area contributed by atoms with Gasteiger partial charge in [-0.2, -0.15) is 0 Å². The summed E-state index contributed by atoms with van der Waals surface area (Å²) in [5.74, 6) is 0.915. The fraction of sp³-hybridized carbons (Fsp3) is 0.0909. The van der Waals surface area contributed by atoms with E-state index in [1.807, 2.05) is 12.1 Å². The van der Waals surface area contributed by atoms with Gasteiger partial charge in [0.05, 0.1) is 6.20 Å². The van der Waals surface area contributed by atoms with Gasteiger partial charge in [0.1, 0.15) is 5.03 Å². The number of halogens is 1. The molecule has 0 spiro atoms. The third kappa shape index (κ3) is 3.32.